The number of aryl methyl sites for hydroxylation is 2. The summed E-state index contributed by atoms with van der Waals surface area (Å²) in [6, 6.07) is 4.63. The van der Waals surface area contributed by atoms with Crippen LogP contribution in [0.2, 0.25) is 0 Å². The predicted molar refractivity (Wildman–Crippen MR) is 68.6 cm³/mol. The van der Waals surface area contributed by atoms with E-state index >= 15 is 0 Å². The molecular weight excluding hydrogens is 314 g/mol. The van der Waals surface area contributed by atoms with Crippen LogP contribution in [0.15, 0.2) is 37.4 Å². The molecule has 98 valence electrons. The van der Waals surface area contributed by atoms with Gasteiger partial charge in [-0.25, -0.2) is 0 Å². The summed E-state index contributed by atoms with van der Waals surface area (Å²) >= 11 is 3.19. The molecule has 2 aromatic rings. The van der Waals surface area contributed by atoms with Crippen LogP contribution in [-0.2, 0) is 0 Å². The molecular formula is C12H9BrN3O3-. The standard InChI is InChI=1S/C12H10BrN3O3/c1-6-11(7(2)19-16-6)15-14-10-4-3-8(13)5-9(10)12(17)18/h3-5H,1-2H3,(H,17,18)/p-1. The summed E-state index contributed by atoms with van der Waals surface area (Å²) in [7, 11) is 0. The van der Waals surface area contributed by atoms with Gasteiger partial charge in [0.1, 0.15) is 5.69 Å². The minimum Gasteiger partial charge on any atom is -0.545 e. The summed E-state index contributed by atoms with van der Waals surface area (Å²) in [5.41, 5.74) is 1.26. The molecule has 0 aliphatic carbocycles. The average molecular weight is 323 g/mol. The van der Waals surface area contributed by atoms with Crippen LogP contribution in [-0.4, -0.2) is 11.1 Å². The van der Waals surface area contributed by atoms with E-state index in [0.29, 0.717) is 21.6 Å². The lowest BCUT2D eigenvalue weighted by Crippen LogP contribution is -2.22. The van der Waals surface area contributed by atoms with E-state index in [2.05, 4.69) is 31.3 Å². The van der Waals surface area contributed by atoms with Gasteiger partial charge in [-0.3, -0.25) is 0 Å². The quantitative estimate of drug-likeness (QED) is 0.812. The number of halogens is 1. The Hall–Kier alpha value is -2.02. The zero-order valence-corrected chi connectivity index (χ0v) is 11.8. The van der Waals surface area contributed by atoms with Gasteiger partial charge in [0.25, 0.3) is 0 Å². The van der Waals surface area contributed by atoms with Gasteiger partial charge in [0.2, 0.25) is 0 Å². The second kappa shape index (κ2) is 5.31. The Labute approximate surface area is 117 Å². The normalized spacial score (nSPS) is 11.1. The van der Waals surface area contributed by atoms with Crippen molar-refractivity contribution < 1.29 is 14.4 Å². The summed E-state index contributed by atoms with van der Waals surface area (Å²) in [5.74, 6) is -0.789. The van der Waals surface area contributed by atoms with E-state index in [-0.39, 0.29) is 11.3 Å². The molecule has 0 atom stereocenters. The number of aromatic nitrogens is 1. The molecule has 1 aromatic heterocycles. The van der Waals surface area contributed by atoms with Crippen LogP contribution in [0.1, 0.15) is 21.8 Å². The van der Waals surface area contributed by atoms with Gasteiger partial charge in [-0.2, -0.15) is 0 Å². The van der Waals surface area contributed by atoms with Gasteiger partial charge in [0.05, 0.1) is 11.7 Å². The number of carboxylic acid groups (broad SMARTS) is 1. The van der Waals surface area contributed by atoms with Crippen molar-refractivity contribution >= 4 is 33.3 Å². The summed E-state index contributed by atoms with van der Waals surface area (Å²) < 4.78 is 5.57. The highest BCUT2D eigenvalue weighted by molar-refractivity contribution is 9.10. The Morgan fingerprint density at radius 1 is 1.37 bits per heavy atom. The fourth-order valence-electron chi connectivity index (χ4n) is 1.48. The van der Waals surface area contributed by atoms with Gasteiger partial charge in [0, 0.05) is 10.0 Å². The van der Waals surface area contributed by atoms with E-state index < -0.39 is 5.97 Å². The number of carbonyl (C=O) groups excluding carboxylic acids is 1. The molecule has 7 heteroatoms. The molecule has 0 saturated carbocycles. The molecule has 0 saturated heterocycles. The Balaban J connectivity index is 2.41. The number of benzene rings is 1. The summed E-state index contributed by atoms with van der Waals surface area (Å²) in [5, 5.41) is 22.6. The second-order valence-electron chi connectivity index (χ2n) is 3.82. The van der Waals surface area contributed by atoms with Gasteiger partial charge >= 0.3 is 0 Å². The van der Waals surface area contributed by atoms with Crippen molar-refractivity contribution in [3.63, 3.8) is 0 Å². The third kappa shape index (κ3) is 2.87. The zero-order valence-electron chi connectivity index (χ0n) is 10.2. The SMILES string of the molecule is Cc1noc(C)c1N=Nc1ccc(Br)cc1C(=O)[O-]. The number of azo groups is 1. The third-order valence-electron chi connectivity index (χ3n) is 2.43. The van der Waals surface area contributed by atoms with Crippen molar-refractivity contribution in [2.75, 3.05) is 0 Å². The first-order valence-electron chi connectivity index (χ1n) is 5.34. The molecule has 0 spiro atoms. The van der Waals surface area contributed by atoms with E-state index in [0.717, 1.165) is 0 Å². The van der Waals surface area contributed by atoms with Gasteiger partial charge in [-0.15, -0.1) is 10.2 Å². The molecule has 19 heavy (non-hydrogen) atoms. The maximum absolute atomic E-state index is 11.0. The summed E-state index contributed by atoms with van der Waals surface area (Å²) in [6.45, 7) is 3.43. The number of aromatic carboxylic acids is 1. The van der Waals surface area contributed by atoms with Crippen LogP contribution < -0.4 is 5.11 Å². The van der Waals surface area contributed by atoms with Crippen molar-refractivity contribution in [2.24, 2.45) is 10.2 Å². The van der Waals surface area contributed by atoms with E-state index in [1.165, 1.54) is 12.1 Å². The van der Waals surface area contributed by atoms with Crippen LogP contribution in [0.25, 0.3) is 0 Å². The summed E-state index contributed by atoms with van der Waals surface area (Å²) in [6.07, 6.45) is 0. The van der Waals surface area contributed by atoms with Gasteiger partial charge in [0.15, 0.2) is 11.4 Å². The van der Waals surface area contributed by atoms with Crippen molar-refractivity contribution in [1.82, 2.24) is 5.16 Å². The molecule has 0 fully saturated rings. The van der Waals surface area contributed by atoms with Crippen LogP contribution in [0.4, 0.5) is 11.4 Å². The van der Waals surface area contributed by atoms with E-state index in [4.69, 9.17) is 4.52 Å². The topological polar surface area (TPSA) is 90.9 Å². The first-order chi connectivity index (χ1) is 8.99. The lowest BCUT2D eigenvalue weighted by atomic mass is 10.2. The molecule has 1 heterocycles. The number of nitrogens with zero attached hydrogens (tertiary/aromatic N) is 3. The third-order valence-corrected chi connectivity index (χ3v) is 2.93. The first kappa shape index (κ1) is 13.4. The average Bonchev–Trinajstić information content (AvgIpc) is 2.68. The molecule has 6 nitrogen and oxygen atoms in total. The Bertz CT molecular complexity index is 645. The van der Waals surface area contributed by atoms with E-state index in [1.807, 2.05) is 0 Å². The number of carbonyl (C=O) groups is 1. The number of hydrogen-bond acceptors (Lipinski definition) is 6. The maximum Gasteiger partial charge on any atom is 0.161 e. The van der Waals surface area contributed by atoms with Crippen molar-refractivity contribution in [2.45, 2.75) is 13.8 Å². The number of hydrogen-bond donors (Lipinski definition) is 0. The van der Waals surface area contributed by atoms with Gasteiger partial charge in [-0.05, 0) is 32.0 Å². The van der Waals surface area contributed by atoms with E-state index in [9.17, 15) is 9.90 Å². The Morgan fingerprint density at radius 3 is 2.68 bits per heavy atom. The van der Waals surface area contributed by atoms with Crippen molar-refractivity contribution in [3.8, 4) is 0 Å². The fourth-order valence-corrected chi connectivity index (χ4v) is 1.84. The van der Waals surface area contributed by atoms with Crippen LogP contribution in [0.5, 0.6) is 0 Å². The minimum absolute atomic E-state index is 0.0371. The van der Waals surface area contributed by atoms with E-state index in [1.54, 1.807) is 19.9 Å². The Kier molecular flexibility index (Phi) is 3.75. The monoisotopic (exact) mass is 322 g/mol. The molecule has 1 aromatic carbocycles. The smallest absolute Gasteiger partial charge is 0.161 e. The molecule has 2 rings (SSSR count). The van der Waals surface area contributed by atoms with Crippen molar-refractivity contribution in [1.29, 1.82) is 0 Å². The fraction of sp³-hybridized carbons (Fsp3) is 0.167. The zero-order chi connectivity index (χ0) is 14.0. The molecule has 0 radical (unpaired) electrons. The molecule has 0 amide bonds. The molecule has 0 aliphatic heterocycles. The number of rotatable bonds is 3. The highest BCUT2D eigenvalue weighted by atomic mass is 79.9. The van der Waals surface area contributed by atoms with Crippen LogP contribution >= 0.6 is 15.9 Å². The largest absolute Gasteiger partial charge is 0.545 e. The second-order valence-corrected chi connectivity index (χ2v) is 4.74. The maximum atomic E-state index is 11.0. The van der Waals surface area contributed by atoms with Crippen LogP contribution in [0.3, 0.4) is 0 Å². The predicted octanol–water partition coefficient (Wildman–Crippen LogP) is 2.83. The van der Waals surface area contributed by atoms with Gasteiger partial charge in [-0.1, -0.05) is 21.1 Å². The lowest BCUT2D eigenvalue weighted by molar-refractivity contribution is -0.254. The van der Waals surface area contributed by atoms with Crippen LogP contribution in [0, 0.1) is 13.8 Å². The lowest BCUT2D eigenvalue weighted by Gasteiger charge is -2.05. The molecule has 0 aliphatic rings. The minimum atomic E-state index is -1.31. The first-order valence-corrected chi connectivity index (χ1v) is 6.14. The highest BCUT2D eigenvalue weighted by Gasteiger charge is 2.09. The molecule has 0 N–H and O–H groups in total. The Morgan fingerprint density at radius 2 is 2.11 bits per heavy atom. The number of carboxylic acids is 1. The van der Waals surface area contributed by atoms with Crippen molar-refractivity contribution in [3.05, 3.63) is 39.7 Å². The highest BCUT2D eigenvalue weighted by Crippen LogP contribution is 2.28. The summed E-state index contributed by atoms with van der Waals surface area (Å²) in [4.78, 5) is 11.0. The van der Waals surface area contributed by atoms with Gasteiger partial charge < -0.3 is 14.4 Å². The molecule has 0 bridgehead atoms. The molecule has 0 unspecified atom stereocenters.